The molecule has 2 aromatic rings. The molecule has 0 aromatic heterocycles. The molecule has 1 atom stereocenters. The minimum Gasteiger partial charge on any atom is -0.508 e. The molecule has 0 bridgehead atoms. The van der Waals surface area contributed by atoms with Crippen LogP contribution in [0.5, 0.6) is 5.75 Å². The number of phenols is 1. The minimum atomic E-state index is 0.00571. The summed E-state index contributed by atoms with van der Waals surface area (Å²) in [5.74, 6) is 0.233. The number of hydrogen-bond acceptors (Lipinski definition) is 3. The van der Waals surface area contributed by atoms with Gasteiger partial charge in [-0.25, -0.2) is 0 Å². The van der Waals surface area contributed by atoms with Gasteiger partial charge in [0.05, 0.1) is 11.3 Å². The Labute approximate surface area is 117 Å². The Bertz CT molecular complexity index is 617. The van der Waals surface area contributed by atoms with Crippen LogP contribution in [0.2, 0.25) is 5.02 Å². The average molecular weight is 273 g/mol. The molecule has 0 amide bonds. The molecule has 2 N–H and O–H groups in total. The SMILES string of the molecule is CC(Nc1cc(Cl)ccc1C#N)c1ccc(O)cc1. The fourth-order valence-corrected chi connectivity index (χ4v) is 1.99. The van der Waals surface area contributed by atoms with Crippen LogP contribution in [0.25, 0.3) is 0 Å². The van der Waals surface area contributed by atoms with Crippen LogP contribution in [0.3, 0.4) is 0 Å². The summed E-state index contributed by atoms with van der Waals surface area (Å²) in [6.45, 7) is 1.98. The fourth-order valence-electron chi connectivity index (χ4n) is 1.81. The maximum atomic E-state index is 9.27. The number of nitriles is 1. The summed E-state index contributed by atoms with van der Waals surface area (Å²) in [4.78, 5) is 0. The Morgan fingerprint density at radius 3 is 2.53 bits per heavy atom. The lowest BCUT2D eigenvalue weighted by Gasteiger charge is -2.17. The Kier molecular flexibility index (Phi) is 3.94. The molecule has 3 nitrogen and oxygen atoms in total. The van der Waals surface area contributed by atoms with Gasteiger partial charge in [0.25, 0.3) is 0 Å². The van der Waals surface area contributed by atoms with Gasteiger partial charge in [-0.3, -0.25) is 0 Å². The molecule has 0 spiro atoms. The van der Waals surface area contributed by atoms with Crippen molar-refractivity contribution in [3.8, 4) is 11.8 Å². The predicted octanol–water partition coefficient (Wildman–Crippen LogP) is 4.09. The normalized spacial score (nSPS) is 11.6. The van der Waals surface area contributed by atoms with E-state index < -0.39 is 0 Å². The molecule has 0 aliphatic heterocycles. The number of hydrogen-bond donors (Lipinski definition) is 2. The van der Waals surface area contributed by atoms with Crippen LogP contribution in [0.1, 0.15) is 24.1 Å². The fraction of sp³-hybridized carbons (Fsp3) is 0.133. The van der Waals surface area contributed by atoms with Crippen LogP contribution in [0.4, 0.5) is 5.69 Å². The lowest BCUT2D eigenvalue weighted by atomic mass is 10.1. The summed E-state index contributed by atoms with van der Waals surface area (Å²) < 4.78 is 0. The number of nitrogens with one attached hydrogen (secondary N) is 1. The molecule has 1 unspecified atom stereocenters. The summed E-state index contributed by atoms with van der Waals surface area (Å²) >= 11 is 5.94. The van der Waals surface area contributed by atoms with Crippen LogP contribution in [0.15, 0.2) is 42.5 Å². The molecule has 2 aromatic carbocycles. The van der Waals surface area contributed by atoms with E-state index in [1.807, 2.05) is 19.1 Å². The molecule has 19 heavy (non-hydrogen) atoms. The van der Waals surface area contributed by atoms with Crippen LogP contribution in [-0.2, 0) is 0 Å². The van der Waals surface area contributed by atoms with Crippen molar-refractivity contribution in [2.45, 2.75) is 13.0 Å². The number of benzene rings is 2. The number of anilines is 1. The van der Waals surface area contributed by atoms with Crippen molar-refractivity contribution < 1.29 is 5.11 Å². The molecular weight excluding hydrogens is 260 g/mol. The Balaban J connectivity index is 2.23. The van der Waals surface area contributed by atoms with E-state index in [1.54, 1.807) is 30.3 Å². The third kappa shape index (κ3) is 3.18. The van der Waals surface area contributed by atoms with E-state index in [0.29, 0.717) is 16.3 Å². The van der Waals surface area contributed by atoms with E-state index in [1.165, 1.54) is 0 Å². The lowest BCUT2D eigenvalue weighted by molar-refractivity contribution is 0.475. The smallest absolute Gasteiger partial charge is 0.115 e. The number of rotatable bonds is 3. The summed E-state index contributed by atoms with van der Waals surface area (Å²) in [6, 6.07) is 14.2. The summed E-state index contributed by atoms with van der Waals surface area (Å²) in [5, 5.41) is 22.2. The second-order valence-electron chi connectivity index (χ2n) is 4.26. The van der Waals surface area contributed by atoms with E-state index in [0.717, 1.165) is 5.56 Å². The summed E-state index contributed by atoms with van der Waals surface area (Å²) in [5.41, 5.74) is 2.27. The molecular formula is C15H13ClN2O. The van der Waals surface area contributed by atoms with Gasteiger partial charge in [0, 0.05) is 11.1 Å². The van der Waals surface area contributed by atoms with Gasteiger partial charge in [0.1, 0.15) is 11.8 Å². The molecule has 0 aliphatic rings. The van der Waals surface area contributed by atoms with Crippen molar-refractivity contribution in [2.75, 3.05) is 5.32 Å². The zero-order chi connectivity index (χ0) is 13.8. The van der Waals surface area contributed by atoms with Crippen molar-refractivity contribution in [3.63, 3.8) is 0 Å². The number of phenolic OH excluding ortho intramolecular Hbond substituents is 1. The highest BCUT2D eigenvalue weighted by atomic mass is 35.5. The zero-order valence-electron chi connectivity index (χ0n) is 10.4. The average Bonchev–Trinajstić information content (AvgIpc) is 2.39. The third-order valence-electron chi connectivity index (χ3n) is 2.87. The molecule has 0 saturated carbocycles. The Morgan fingerprint density at radius 1 is 1.21 bits per heavy atom. The first kappa shape index (κ1) is 13.3. The Hall–Kier alpha value is -2.18. The van der Waals surface area contributed by atoms with E-state index >= 15 is 0 Å². The van der Waals surface area contributed by atoms with Crippen LogP contribution in [0, 0.1) is 11.3 Å². The van der Waals surface area contributed by atoms with Crippen LogP contribution in [-0.4, -0.2) is 5.11 Å². The highest BCUT2D eigenvalue weighted by Gasteiger charge is 2.09. The van der Waals surface area contributed by atoms with Crippen molar-refractivity contribution in [3.05, 3.63) is 58.6 Å². The van der Waals surface area contributed by atoms with Crippen LogP contribution >= 0.6 is 11.6 Å². The highest BCUT2D eigenvalue weighted by Crippen LogP contribution is 2.26. The first-order valence-electron chi connectivity index (χ1n) is 5.85. The first-order valence-corrected chi connectivity index (χ1v) is 6.23. The van der Waals surface area contributed by atoms with Gasteiger partial charge in [0.2, 0.25) is 0 Å². The Morgan fingerprint density at radius 2 is 1.89 bits per heavy atom. The molecule has 4 heteroatoms. The minimum absolute atomic E-state index is 0.00571. The number of nitrogens with zero attached hydrogens (tertiary/aromatic N) is 1. The van der Waals surface area contributed by atoms with Gasteiger partial charge < -0.3 is 10.4 Å². The predicted molar refractivity (Wildman–Crippen MR) is 76.3 cm³/mol. The van der Waals surface area contributed by atoms with E-state index in [2.05, 4.69) is 11.4 Å². The third-order valence-corrected chi connectivity index (χ3v) is 3.10. The van der Waals surface area contributed by atoms with Gasteiger partial charge >= 0.3 is 0 Å². The monoisotopic (exact) mass is 272 g/mol. The van der Waals surface area contributed by atoms with Crippen molar-refractivity contribution in [1.29, 1.82) is 5.26 Å². The molecule has 0 heterocycles. The van der Waals surface area contributed by atoms with Crippen LogP contribution < -0.4 is 5.32 Å². The van der Waals surface area contributed by atoms with E-state index in [-0.39, 0.29) is 11.8 Å². The lowest BCUT2D eigenvalue weighted by Crippen LogP contribution is -2.07. The van der Waals surface area contributed by atoms with E-state index in [4.69, 9.17) is 16.9 Å². The molecule has 0 saturated heterocycles. The van der Waals surface area contributed by atoms with Crippen molar-refractivity contribution in [2.24, 2.45) is 0 Å². The van der Waals surface area contributed by atoms with Crippen molar-refractivity contribution >= 4 is 17.3 Å². The molecule has 2 rings (SSSR count). The largest absolute Gasteiger partial charge is 0.508 e. The molecule has 0 aliphatic carbocycles. The topological polar surface area (TPSA) is 56.0 Å². The number of halogens is 1. The standard InChI is InChI=1S/C15H13ClN2O/c1-10(11-3-6-14(19)7-4-11)18-15-8-13(16)5-2-12(15)9-17/h2-8,10,18-19H,1H3. The first-order chi connectivity index (χ1) is 9.10. The maximum absolute atomic E-state index is 9.27. The van der Waals surface area contributed by atoms with Gasteiger partial charge in [-0.1, -0.05) is 23.7 Å². The summed E-state index contributed by atoms with van der Waals surface area (Å²) in [7, 11) is 0. The molecule has 0 fully saturated rings. The summed E-state index contributed by atoms with van der Waals surface area (Å²) in [6.07, 6.45) is 0. The quantitative estimate of drug-likeness (QED) is 0.885. The van der Waals surface area contributed by atoms with Crippen molar-refractivity contribution in [1.82, 2.24) is 0 Å². The second-order valence-corrected chi connectivity index (χ2v) is 4.70. The van der Waals surface area contributed by atoms with Gasteiger partial charge in [0.15, 0.2) is 0 Å². The van der Waals surface area contributed by atoms with Gasteiger partial charge in [-0.15, -0.1) is 0 Å². The zero-order valence-corrected chi connectivity index (χ0v) is 11.1. The molecule has 0 radical (unpaired) electrons. The van der Waals surface area contributed by atoms with Gasteiger partial charge in [-0.05, 0) is 42.8 Å². The second kappa shape index (κ2) is 5.64. The van der Waals surface area contributed by atoms with Gasteiger partial charge in [-0.2, -0.15) is 5.26 Å². The highest BCUT2D eigenvalue weighted by molar-refractivity contribution is 6.30. The molecule has 96 valence electrons. The number of aromatic hydroxyl groups is 1. The maximum Gasteiger partial charge on any atom is 0.115 e. The van der Waals surface area contributed by atoms with E-state index in [9.17, 15) is 5.11 Å².